The van der Waals surface area contributed by atoms with Gasteiger partial charge in [0.05, 0.1) is 0 Å². The van der Waals surface area contributed by atoms with Crippen molar-refractivity contribution in [2.75, 3.05) is 20.1 Å². The number of aryl methyl sites for hydroxylation is 1. The van der Waals surface area contributed by atoms with Crippen LogP contribution >= 0.6 is 0 Å². The Labute approximate surface area is 113 Å². The van der Waals surface area contributed by atoms with E-state index in [2.05, 4.69) is 16.8 Å². The molecular weight excluding hydrogens is 242 g/mol. The van der Waals surface area contributed by atoms with Gasteiger partial charge in [-0.15, -0.1) is 0 Å². The third kappa shape index (κ3) is 2.87. The van der Waals surface area contributed by atoms with Gasteiger partial charge in [0.15, 0.2) is 0 Å². The predicted molar refractivity (Wildman–Crippen MR) is 74.3 cm³/mol. The van der Waals surface area contributed by atoms with Crippen LogP contribution in [-0.4, -0.2) is 39.7 Å². The number of hydrogen-bond acceptors (Lipinski definition) is 4. The van der Waals surface area contributed by atoms with Crippen molar-refractivity contribution in [3.05, 3.63) is 27.4 Å². The predicted octanol–water partition coefficient (Wildman–Crippen LogP) is 0.873. The zero-order chi connectivity index (χ0) is 14.0. The van der Waals surface area contributed by atoms with Crippen molar-refractivity contribution >= 4 is 0 Å². The molecule has 5 heteroatoms. The topological polar surface area (TPSA) is 58.4 Å². The summed E-state index contributed by atoms with van der Waals surface area (Å²) < 4.78 is 1.66. The van der Waals surface area contributed by atoms with E-state index in [-0.39, 0.29) is 5.56 Å². The molecule has 1 aromatic rings. The fourth-order valence-corrected chi connectivity index (χ4v) is 2.51. The summed E-state index contributed by atoms with van der Waals surface area (Å²) >= 11 is 0. The standard InChI is InChI=1S/C14H23N3O2/c1-4-16(3)9-7-11-10(2)15-13-12(18)6-5-8-17(13)14(11)19/h12,18H,4-9H2,1-3H3. The van der Waals surface area contributed by atoms with E-state index < -0.39 is 6.10 Å². The minimum absolute atomic E-state index is 0.0331. The molecule has 0 spiro atoms. The second kappa shape index (κ2) is 5.84. The van der Waals surface area contributed by atoms with Crippen LogP contribution in [0.2, 0.25) is 0 Å². The quantitative estimate of drug-likeness (QED) is 0.878. The molecule has 0 saturated heterocycles. The van der Waals surface area contributed by atoms with E-state index in [9.17, 15) is 9.90 Å². The van der Waals surface area contributed by atoms with E-state index >= 15 is 0 Å². The Hall–Kier alpha value is -1.20. The molecule has 0 aliphatic carbocycles. The summed E-state index contributed by atoms with van der Waals surface area (Å²) in [7, 11) is 2.04. The van der Waals surface area contributed by atoms with Gasteiger partial charge in [-0.2, -0.15) is 0 Å². The van der Waals surface area contributed by atoms with Crippen molar-refractivity contribution in [2.45, 2.75) is 45.8 Å². The molecule has 1 atom stereocenters. The Bertz CT molecular complexity index is 510. The fourth-order valence-electron chi connectivity index (χ4n) is 2.51. The molecule has 0 bridgehead atoms. The highest BCUT2D eigenvalue weighted by molar-refractivity contribution is 5.19. The Kier molecular flexibility index (Phi) is 4.37. The maximum atomic E-state index is 12.5. The van der Waals surface area contributed by atoms with Crippen LogP contribution in [0, 0.1) is 6.92 Å². The molecular formula is C14H23N3O2. The zero-order valence-electron chi connectivity index (χ0n) is 12.0. The molecule has 0 amide bonds. The molecule has 0 radical (unpaired) electrons. The zero-order valence-corrected chi connectivity index (χ0v) is 12.0. The number of rotatable bonds is 4. The molecule has 106 valence electrons. The number of nitrogens with zero attached hydrogens (tertiary/aromatic N) is 3. The Morgan fingerprint density at radius 2 is 2.26 bits per heavy atom. The van der Waals surface area contributed by atoms with Crippen molar-refractivity contribution in [3.63, 3.8) is 0 Å². The Balaban J connectivity index is 2.33. The van der Waals surface area contributed by atoms with Crippen LogP contribution in [0.4, 0.5) is 0 Å². The maximum absolute atomic E-state index is 12.5. The molecule has 0 saturated carbocycles. The van der Waals surface area contributed by atoms with Gasteiger partial charge in [-0.25, -0.2) is 4.98 Å². The molecule has 0 fully saturated rings. The molecule has 1 aromatic heterocycles. The van der Waals surface area contributed by atoms with Crippen LogP contribution in [0.15, 0.2) is 4.79 Å². The molecule has 0 aromatic carbocycles. The van der Waals surface area contributed by atoms with Crippen LogP contribution in [0.5, 0.6) is 0 Å². The Morgan fingerprint density at radius 1 is 1.53 bits per heavy atom. The van der Waals surface area contributed by atoms with Gasteiger partial charge in [0.1, 0.15) is 11.9 Å². The van der Waals surface area contributed by atoms with Crippen molar-refractivity contribution < 1.29 is 5.11 Å². The molecule has 2 heterocycles. The average molecular weight is 265 g/mol. The highest BCUT2D eigenvalue weighted by atomic mass is 16.3. The number of aliphatic hydroxyl groups excluding tert-OH is 1. The van der Waals surface area contributed by atoms with E-state index in [4.69, 9.17) is 0 Å². The van der Waals surface area contributed by atoms with Gasteiger partial charge in [-0.05, 0) is 39.8 Å². The van der Waals surface area contributed by atoms with Gasteiger partial charge in [0.2, 0.25) is 0 Å². The third-order valence-corrected chi connectivity index (χ3v) is 3.94. The van der Waals surface area contributed by atoms with Crippen molar-refractivity contribution in [1.29, 1.82) is 0 Å². The lowest BCUT2D eigenvalue weighted by Gasteiger charge is -2.24. The van der Waals surface area contributed by atoms with Crippen molar-refractivity contribution in [3.8, 4) is 0 Å². The smallest absolute Gasteiger partial charge is 0.257 e. The SMILES string of the molecule is CCN(C)CCc1c(C)nc2n(c1=O)CCCC2O. The van der Waals surface area contributed by atoms with E-state index in [1.165, 1.54) is 0 Å². The number of aliphatic hydroxyl groups is 1. The minimum Gasteiger partial charge on any atom is -0.385 e. The first-order valence-corrected chi connectivity index (χ1v) is 7.01. The molecule has 5 nitrogen and oxygen atoms in total. The molecule has 19 heavy (non-hydrogen) atoms. The summed E-state index contributed by atoms with van der Waals surface area (Å²) in [5.41, 5.74) is 1.59. The summed E-state index contributed by atoms with van der Waals surface area (Å²) in [6, 6.07) is 0. The van der Waals surface area contributed by atoms with Gasteiger partial charge < -0.3 is 10.0 Å². The lowest BCUT2D eigenvalue weighted by Crippen LogP contribution is -2.35. The van der Waals surface area contributed by atoms with Gasteiger partial charge in [0, 0.05) is 24.3 Å². The second-order valence-electron chi connectivity index (χ2n) is 5.29. The first-order valence-electron chi connectivity index (χ1n) is 7.01. The average Bonchev–Trinajstić information content (AvgIpc) is 2.39. The van der Waals surface area contributed by atoms with E-state index in [0.29, 0.717) is 18.8 Å². The van der Waals surface area contributed by atoms with Crippen LogP contribution in [0.1, 0.15) is 43.0 Å². The monoisotopic (exact) mass is 265 g/mol. The van der Waals surface area contributed by atoms with E-state index in [0.717, 1.165) is 37.2 Å². The lowest BCUT2D eigenvalue weighted by atomic mass is 10.1. The Morgan fingerprint density at radius 3 is 2.95 bits per heavy atom. The van der Waals surface area contributed by atoms with Gasteiger partial charge in [-0.3, -0.25) is 9.36 Å². The van der Waals surface area contributed by atoms with Crippen LogP contribution in [-0.2, 0) is 13.0 Å². The first kappa shape index (κ1) is 14.2. The molecule has 1 unspecified atom stereocenters. The number of fused-ring (bicyclic) bond motifs is 1. The molecule has 1 aliphatic rings. The largest absolute Gasteiger partial charge is 0.385 e. The maximum Gasteiger partial charge on any atom is 0.257 e. The van der Waals surface area contributed by atoms with Crippen molar-refractivity contribution in [2.24, 2.45) is 0 Å². The summed E-state index contributed by atoms with van der Waals surface area (Å²) in [5, 5.41) is 9.93. The molecule has 2 rings (SSSR count). The first-order chi connectivity index (χ1) is 9.04. The van der Waals surface area contributed by atoms with E-state index in [1.54, 1.807) is 4.57 Å². The van der Waals surface area contributed by atoms with Crippen LogP contribution < -0.4 is 5.56 Å². The van der Waals surface area contributed by atoms with Gasteiger partial charge in [0.25, 0.3) is 5.56 Å². The molecule has 1 N–H and O–H groups in total. The lowest BCUT2D eigenvalue weighted by molar-refractivity contribution is 0.129. The summed E-state index contributed by atoms with van der Waals surface area (Å²) in [5.74, 6) is 0.543. The molecule has 1 aliphatic heterocycles. The van der Waals surface area contributed by atoms with Crippen LogP contribution in [0.25, 0.3) is 0 Å². The van der Waals surface area contributed by atoms with Crippen LogP contribution in [0.3, 0.4) is 0 Å². The summed E-state index contributed by atoms with van der Waals surface area (Å²) in [6.45, 7) is 6.47. The third-order valence-electron chi connectivity index (χ3n) is 3.94. The normalized spacial score (nSPS) is 18.7. The summed E-state index contributed by atoms with van der Waals surface area (Å²) in [4.78, 5) is 19.1. The van der Waals surface area contributed by atoms with Gasteiger partial charge in [-0.1, -0.05) is 6.92 Å². The van der Waals surface area contributed by atoms with Crippen molar-refractivity contribution in [1.82, 2.24) is 14.5 Å². The highest BCUT2D eigenvalue weighted by Gasteiger charge is 2.23. The number of likely N-dealkylation sites (N-methyl/N-ethyl adjacent to an activating group) is 1. The number of aromatic nitrogens is 2. The minimum atomic E-state index is -0.590. The van der Waals surface area contributed by atoms with Gasteiger partial charge >= 0.3 is 0 Å². The highest BCUT2D eigenvalue weighted by Crippen LogP contribution is 2.22. The van der Waals surface area contributed by atoms with E-state index in [1.807, 2.05) is 14.0 Å². The number of hydrogen-bond donors (Lipinski definition) is 1. The summed E-state index contributed by atoms with van der Waals surface area (Å²) in [6.07, 6.45) is 1.67. The fraction of sp³-hybridized carbons (Fsp3) is 0.714. The second-order valence-corrected chi connectivity index (χ2v) is 5.29.